The lowest BCUT2D eigenvalue weighted by Crippen LogP contribution is -2.52. The third kappa shape index (κ3) is 9.36. The highest BCUT2D eigenvalue weighted by molar-refractivity contribution is 7.92. The first kappa shape index (κ1) is 33.6. The van der Waals surface area contributed by atoms with Gasteiger partial charge in [0.15, 0.2) is 0 Å². The number of benzene rings is 3. The van der Waals surface area contributed by atoms with E-state index in [1.54, 1.807) is 18.1 Å². The van der Waals surface area contributed by atoms with Crippen LogP contribution in [0, 0.1) is 0 Å². The lowest BCUT2D eigenvalue weighted by molar-refractivity contribution is -0.141. The molecule has 44 heavy (non-hydrogen) atoms. The van der Waals surface area contributed by atoms with Crippen molar-refractivity contribution in [2.24, 2.45) is 0 Å². The SMILES string of the molecule is COc1cccc(CN(C(=O)CCCN(c2cc(Cl)ccc2Cl)S(C)(=O)=O)C(Cc2ccccc2)C(=O)NC2CCCC2)c1. The number of halogens is 2. The molecule has 1 saturated carbocycles. The smallest absolute Gasteiger partial charge is 0.243 e. The summed E-state index contributed by atoms with van der Waals surface area (Å²) in [6.45, 7) is 0.191. The first-order valence-electron chi connectivity index (χ1n) is 14.7. The predicted molar refractivity (Wildman–Crippen MR) is 176 cm³/mol. The standard InChI is InChI=1S/C33H39Cl2N3O5S/c1-43-28-15-8-12-25(20-28)23-37(31(21-24-10-4-3-5-11-24)33(40)36-27-13-6-7-14-27)32(39)16-9-19-38(44(2,41)42)30-22-26(34)17-18-29(30)35/h3-5,8,10-12,15,17-18,20,22,27,31H,6-7,9,13-14,16,19,21,23H2,1-2H3,(H,36,40). The number of methoxy groups -OCH3 is 1. The van der Waals surface area contributed by atoms with Crippen molar-refractivity contribution in [3.8, 4) is 5.75 Å². The van der Waals surface area contributed by atoms with Gasteiger partial charge < -0.3 is 15.0 Å². The normalized spacial score (nSPS) is 14.2. The molecule has 236 valence electrons. The number of hydrogen-bond acceptors (Lipinski definition) is 5. The molecule has 0 bridgehead atoms. The zero-order chi connectivity index (χ0) is 31.7. The van der Waals surface area contributed by atoms with E-state index < -0.39 is 16.1 Å². The van der Waals surface area contributed by atoms with E-state index in [0.29, 0.717) is 17.2 Å². The minimum absolute atomic E-state index is 0.00918. The van der Waals surface area contributed by atoms with Gasteiger partial charge in [-0.1, -0.05) is 78.5 Å². The van der Waals surface area contributed by atoms with Gasteiger partial charge in [-0.15, -0.1) is 0 Å². The van der Waals surface area contributed by atoms with E-state index >= 15 is 0 Å². The molecular weight excluding hydrogens is 621 g/mol. The molecule has 0 saturated heterocycles. The number of rotatable bonds is 14. The average Bonchev–Trinajstić information content (AvgIpc) is 3.51. The van der Waals surface area contributed by atoms with Crippen molar-refractivity contribution in [2.45, 2.75) is 63.6 Å². The van der Waals surface area contributed by atoms with Gasteiger partial charge in [-0.25, -0.2) is 8.42 Å². The molecular formula is C33H39Cl2N3O5S. The van der Waals surface area contributed by atoms with E-state index in [4.69, 9.17) is 27.9 Å². The molecule has 2 amide bonds. The minimum Gasteiger partial charge on any atom is -0.497 e. The molecule has 1 N–H and O–H groups in total. The maximum atomic E-state index is 14.1. The molecule has 8 nitrogen and oxygen atoms in total. The molecule has 1 aliphatic carbocycles. The fourth-order valence-corrected chi connectivity index (χ4v) is 6.95. The van der Waals surface area contributed by atoms with E-state index in [-0.39, 0.29) is 54.5 Å². The van der Waals surface area contributed by atoms with Gasteiger partial charge in [0, 0.05) is 37.0 Å². The van der Waals surface area contributed by atoms with Crippen LogP contribution in [0.4, 0.5) is 5.69 Å². The summed E-state index contributed by atoms with van der Waals surface area (Å²) in [5.41, 5.74) is 1.99. The summed E-state index contributed by atoms with van der Waals surface area (Å²) in [7, 11) is -2.15. The van der Waals surface area contributed by atoms with Crippen molar-refractivity contribution < 1.29 is 22.7 Å². The molecule has 1 fully saturated rings. The van der Waals surface area contributed by atoms with Crippen molar-refractivity contribution in [3.63, 3.8) is 0 Å². The van der Waals surface area contributed by atoms with Crippen LogP contribution in [-0.4, -0.2) is 57.1 Å². The summed E-state index contributed by atoms with van der Waals surface area (Å²) >= 11 is 12.5. The highest BCUT2D eigenvalue weighted by Crippen LogP contribution is 2.31. The molecule has 1 atom stereocenters. The molecule has 1 unspecified atom stereocenters. The first-order chi connectivity index (χ1) is 21.0. The molecule has 0 radical (unpaired) electrons. The van der Waals surface area contributed by atoms with E-state index in [1.807, 2.05) is 54.6 Å². The highest BCUT2D eigenvalue weighted by atomic mass is 35.5. The van der Waals surface area contributed by atoms with Crippen LogP contribution >= 0.6 is 23.2 Å². The number of ether oxygens (including phenoxy) is 1. The van der Waals surface area contributed by atoms with Gasteiger partial charge in [-0.05, 0) is 60.7 Å². The van der Waals surface area contributed by atoms with Crippen molar-refractivity contribution in [1.29, 1.82) is 0 Å². The molecule has 0 spiro atoms. The number of anilines is 1. The van der Waals surface area contributed by atoms with Gasteiger partial charge in [0.25, 0.3) is 0 Å². The van der Waals surface area contributed by atoms with E-state index in [9.17, 15) is 18.0 Å². The second-order valence-corrected chi connectivity index (χ2v) is 13.9. The summed E-state index contributed by atoms with van der Waals surface area (Å²) in [6.07, 6.45) is 5.60. The molecule has 4 rings (SSSR count). The second kappa shape index (κ2) is 15.6. The van der Waals surface area contributed by atoms with E-state index in [0.717, 1.165) is 47.4 Å². The fraction of sp³-hybridized carbons (Fsp3) is 0.394. The van der Waals surface area contributed by atoms with Crippen LogP contribution in [0.15, 0.2) is 72.8 Å². The summed E-state index contributed by atoms with van der Waals surface area (Å²) < 4.78 is 32.0. The Morgan fingerprint density at radius 1 is 0.977 bits per heavy atom. The largest absolute Gasteiger partial charge is 0.497 e. The van der Waals surface area contributed by atoms with Crippen LogP contribution in [0.2, 0.25) is 10.0 Å². The monoisotopic (exact) mass is 659 g/mol. The Morgan fingerprint density at radius 2 is 1.68 bits per heavy atom. The van der Waals surface area contributed by atoms with Gasteiger partial charge >= 0.3 is 0 Å². The third-order valence-corrected chi connectivity index (χ3v) is 9.52. The summed E-state index contributed by atoms with van der Waals surface area (Å²) in [4.78, 5) is 29.6. The Hall–Kier alpha value is -3.27. The Balaban J connectivity index is 1.61. The second-order valence-electron chi connectivity index (χ2n) is 11.1. The number of carbonyl (C=O) groups excluding carboxylic acids is 2. The van der Waals surface area contributed by atoms with Crippen LogP contribution in [0.1, 0.15) is 49.7 Å². The number of amides is 2. The Morgan fingerprint density at radius 3 is 2.36 bits per heavy atom. The molecule has 1 aliphatic rings. The summed E-state index contributed by atoms with van der Waals surface area (Å²) in [5.74, 6) is 0.188. The lowest BCUT2D eigenvalue weighted by Gasteiger charge is -2.33. The molecule has 0 heterocycles. The molecule has 11 heteroatoms. The first-order valence-corrected chi connectivity index (χ1v) is 17.3. The quantitative estimate of drug-likeness (QED) is 0.221. The highest BCUT2D eigenvalue weighted by Gasteiger charge is 2.32. The van der Waals surface area contributed by atoms with Crippen LogP contribution in [0.5, 0.6) is 5.75 Å². The van der Waals surface area contributed by atoms with Crippen molar-refractivity contribution in [3.05, 3.63) is 94.0 Å². The van der Waals surface area contributed by atoms with Crippen molar-refractivity contribution in [2.75, 3.05) is 24.2 Å². The number of hydrogen-bond donors (Lipinski definition) is 1. The number of sulfonamides is 1. The van der Waals surface area contributed by atoms with Crippen molar-refractivity contribution >= 4 is 50.7 Å². The number of carbonyl (C=O) groups is 2. The van der Waals surface area contributed by atoms with Gasteiger partial charge in [-0.2, -0.15) is 0 Å². The molecule has 3 aromatic rings. The zero-order valence-electron chi connectivity index (χ0n) is 25.0. The maximum Gasteiger partial charge on any atom is 0.243 e. The third-order valence-electron chi connectivity index (χ3n) is 7.79. The van der Waals surface area contributed by atoms with Gasteiger partial charge in [0.1, 0.15) is 11.8 Å². The van der Waals surface area contributed by atoms with Gasteiger partial charge in [0.05, 0.1) is 24.1 Å². The molecule has 3 aromatic carbocycles. The Labute approximate surface area is 270 Å². The number of nitrogens with one attached hydrogen (secondary N) is 1. The molecule has 0 aromatic heterocycles. The number of nitrogens with zero attached hydrogens (tertiary/aromatic N) is 2. The minimum atomic E-state index is -3.73. The summed E-state index contributed by atoms with van der Waals surface area (Å²) in [6, 6.07) is 21.0. The average molecular weight is 661 g/mol. The maximum absolute atomic E-state index is 14.1. The lowest BCUT2D eigenvalue weighted by atomic mass is 10.0. The summed E-state index contributed by atoms with van der Waals surface area (Å²) in [5, 5.41) is 3.77. The van der Waals surface area contributed by atoms with Crippen LogP contribution in [0.25, 0.3) is 0 Å². The predicted octanol–water partition coefficient (Wildman–Crippen LogP) is 6.25. The van der Waals surface area contributed by atoms with E-state index in [2.05, 4.69) is 5.32 Å². The van der Waals surface area contributed by atoms with Crippen LogP contribution in [0.3, 0.4) is 0 Å². The van der Waals surface area contributed by atoms with Gasteiger partial charge in [-0.3, -0.25) is 13.9 Å². The van der Waals surface area contributed by atoms with Crippen LogP contribution in [-0.2, 0) is 32.6 Å². The van der Waals surface area contributed by atoms with E-state index in [1.165, 1.54) is 12.1 Å². The Kier molecular flexibility index (Phi) is 11.9. The zero-order valence-corrected chi connectivity index (χ0v) is 27.4. The topological polar surface area (TPSA) is 96.0 Å². The van der Waals surface area contributed by atoms with Crippen LogP contribution < -0.4 is 14.4 Å². The van der Waals surface area contributed by atoms with Gasteiger partial charge in [0.2, 0.25) is 21.8 Å². The van der Waals surface area contributed by atoms with Crippen molar-refractivity contribution in [1.82, 2.24) is 10.2 Å². The Bertz CT molecular complexity index is 1530. The molecule has 0 aliphatic heterocycles. The fourth-order valence-electron chi connectivity index (χ4n) is 5.55.